The lowest BCUT2D eigenvalue weighted by atomic mass is 10.00. The van der Waals surface area contributed by atoms with Crippen LogP contribution in [0.4, 0.5) is 0 Å². The van der Waals surface area contributed by atoms with Crippen LogP contribution < -0.4 is 5.73 Å². The van der Waals surface area contributed by atoms with Crippen LogP contribution in [0.15, 0.2) is 0 Å². The van der Waals surface area contributed by atoms with Crippen molar-refractivity contribution in [1.29, 1.82) is 0 Å². The minimum Gasteiger partial charge on any atom is -0.369 e. The molecule has 1 fully saturated rings. The molecule has 3 nitrogen and oxygen atoms in total. The van der Waals surface area contributed by atoms with Gasteiger partial charge >= 0.3 is 0 Å². The van der Waals surface area contributed by atoms with Crippen LogP contribution >= 0.6 is 0 Å². The highest BCUT2D eigenvalue weighted by atomic mass is 16.1. The molecular formula is C7H14N2O. The zero-order valence-electron chi connectivity index (χ0n) is 6.34. The molecule has 0 bridgehead atoms. The van der Waals surface area contributed by atoms with Crippen LogP contribution in [-0.2, 0) is 4.79 Å². The molecule has 0 aromatic heterocycles. The molecule has 1 heterocycles. The molecule has 1 aliphatic heterocycles. The third-order valence-corrected chi connectivity index (χ3v) is 1.90. The van der Waals surface area contributed by atoms with Gasteiger partial charge < -0.3 is 10.6 Å². The van der Waals surface area contributed by atoms with E-state index in [1.807, 2.05) is 0 Å². The second kappa shape index (κ2) is 3.01. The number of rotatable bonds is 3. The molecule has 0 aliphatic carbocycles. The van der Waals surface area contributed by atoms with E-state index in [1.165, 1.54) is 0 Å². The number of nitrogens with two attached hydrogens (primary N) is 1. The molecule has 1 amide bonds. The third-order valence-electron chi connectivity index (χ3n) is 1.90. The average molecular weight is 142 g/mol. The Labute approximate surface area is 61.2 Å². The van der Waals surface area contributed by atoms with Gasteiger partial charge in [-0.2, -0.15) is 0 Å². The largest absolute Gasteiger partial charge is 0.369 e. The summed E-state index contributed by atoms with van der Waals surface area (Å²) in [7, 11) is 0. The zero-order valence-corrected chi connectivity index (χ0v) is 6.34. The summed E-state index contributed by atoms with van der Waals surface area (Å²) in [6, 6.07) is 0. The van der Waals surface area contributed by atoms with Crippen molar-refractivity contribution in [2.24, 2.45) is 11.7 Å². The van der Waals surface area contributed by atoms with Gasteiger partial charge in [0.1, 0.15) is 0 Å². The van der Waals surface area contributed by atoms with Gasteiger partial charge in [-0.25, -0.2) is 0 Å². The van der Waals surface area contributed by atoms with Crippen LogP contribution in [0.5, 0.6) is 0 Å². The van der Waals surface area contributed by atoms with Crippen LogP contribution in [0.1, 0.15) is 13.3 Å². The minimum atomic E-state index is -0.146. The number of carbonyl (C=O) groups is 1. The molecule has 1 rings (SSSR count). The van der Waals surface area contributed by atoms with Gasteiger partial charge in [0, 0.05) is 13.1 Å². The van der Waals surface area contributed by atoms with Crippen molar-refractivity contribution in [2.75, 3.05) is 19.6 Å². The molecule has 0 spiro atoms. The maximum atomic E-state index is 10.5. The number of primary amides is 1. The first-order chi connectivity index (χ1) is 4.74. The van der Waals surface area contributed by atoms with Crippen molar-refractivity contribution in [1.82, 2.24) is 4.90 Å². The maximum absolute atomic E-state index is 10.5. The van der Waals surface area contributed by atoms with E-state index in [9.17, 15) is 4.79 Å². The van der Waals surface area contributed by atoms with Crippen LogP contribution in [0.2, 0.25) is 0 Å². The summed E-state index contributed by atoms with van der Waals surface area (Å²) in [6.45, 7) is 4.99. The van der Waals surface area contributed by atoms with Crippen molar-refractivity contribution >= 4 is 5.91 Å². The second-order valence-electron chi connectivity index (χ2n) is 2.86. The predicted molar refractivity (Wildman–Crippen MR) is 39.4 cm³/mol. The molecule has 0 aromatic rings. The smallest absolute Gasteiger partial charge is 0.223 e. The molecule has 10 heavy (non-hydrogen) atoms. The normalized spacial score (nSPS) is 20.5. The predicted octanol–water partition coefficient (Wildman–Crippen LogP) is -0.187. The Hall–Kier alpha value is -0.570. The third kappa shape index (κ3) is 1.48. The van der Waals surface area contributed by atoms with Gasteiger partial charge in [-0.1, -0.05) is 6.92 Å². The van der Waals surface area contributed by atoms with Gasteiger partial charge in [0.2, 0.25) is 5.91 Å². The van der Waals surface area contributed by atoms with Crippen molar-refractivity contribution in [3.63, 3.8) is 0 Å². The Morgan fingerprint density at radius 3 is 2.70 bits per heavy atom. The average Bonchev–Trinajstić information content (AvgIpc) is 1.76. The molecule has 58 valence electrons. The molecule has 2 N–H and O–H groups in total. The zero-order chi connectivity index (χ0) is 7.56. The number of carbonyl (C=O) groups excluding carboxylic acids is 1. The first kappa shape index (κ1) is 7.54. The SMILES string of the molecule is CCCN1CC(C(N)=O)C1. The molecule has 0 saturated carbocycles. The monoisotopic (exact) mass is 142 g/mol. The van der Waals surface area contributed by atoms with Crippen LogP contribution in [0.25, 0.3) is 0 Å². The lowest BCUT2D eigenvalue weighted by Gasteiger charge is -2.36. The van der Waals surface area contributed by atoms with E-state index in [1.54, 1.807) is 0 Å². The van der Waals surface area contributed by atoms with E-state index >= 15 is 0 Å². The molecule has 0 unspecified atom stereocenters. The van der Waals surface area contributed by atoms with E-state index in [2.05, 4.69) is 11.8 Å². The van der Waals surface area contributed by atoms with Gasteiger partial charge in [0.15, 0.2) is 0 Å². The van der Waals surface area contributed by atoms with E-state index in [0.717, 1.165) is 26.1 Å². The fraction of sp³-hybridized carbons (Fsp3) is 0.857. The highest BCUT2D eigenvalue weighted by Gasteiger charge is 2.29. The van der Waals surface area contributed by atoms with E-state index in [-0.39, 0.29) is 11.8 Å². The van der Waals surface area contributed by atoms with Crippen molar-refractivity contribution in [3.8, 4) is 0 Å². The number of amides is 1. The summed E-state index contributed by atoms with van der Waals surface area (Å²) in [4.78, 5) is 12.8. The Balaban J connectivity index is 2.12. The van der Waals surface area contributed by atoms with Gasteiger partial charge in [0.05, 0.1) is 5.92 Å². The van der Waals surface area contributed by atoms with Gasteiger partial charge in [-0.3, -0.25) is 4.79 Å². The molecule has 0 radical (unpaired) electrons. The highest BCUT2D eigenvalue weighted by Crippen LogP contribution is 2.14. The fourth-order valence-corrected chi connectivity index (χ4v) is 1.25. The van der Waals surface area contributed by atoms with Crippen LogP contribution in [0.3, 0.4) is 0 Å². The van der Waals surface area contributed by atoms with Crippen molar-refractivity contribution in [3.05, 3.63) is 0 Å². The number of likely N-dealkylation sites (tertiary alicyclic amines) is 1. The Bertz CT molecular complexity index is 130. The summed E-state index contributed by atoms with van der Waals surface area (Å²) in [5.74, 6) is -0.0149. The highest BCUT2D eigenvalue weighted by molar-refractivity contribution is 5.78. The van der Waals surface area contributed by atoms with Gasteiger partial charge in [0.25, 0.3) is 0 Å². The molecular weight excluding hydrogens is 128 g/mol. The minimum absolute atomic E-state index is 0.131. The summed E-state index contributed by atoms with van der Waals surface area (Å²) < 4.78 is 0. The first-order valence-corrected chi connectivity index (χ1v) is 3.75. The molecule has 0 aromatic carbocycles. The van der Waals surface area contributed by atoms with Gasteiger partial charge in [-0.05, 0) is 13.0 Å². The fourth-order valence-electron chi connectivity index (χ4n) is 1.25. The molecule has 1 saturated heterocycles. The molecule has 1 aliphatic rings. The standard InChI is InChI=1S/C7H14N2O/c1-2-3-9-4-6(5-9)7(8)10/h6H,2-5H2,1H3,(H2,8,10). The molecule has 3 heteroatoms. The van der Waals surface area contributed by atoms with E-state index in [0.29, 0.717) is 0 Å². The number of nitrogens with zero attached hydrogens (tertiary/aromatic N) is 1. The van der Waals surface area contributed by atoms with E-state index < -0.39 is 0 Å². The summed E-state index contributed by atoms with van der Waals surface area (Å²) in [5.41, 5.74) is 5.09. The van der Waals surface area contributed by atoms with E-state index in [4.69, 9.17) is 5.73 Å². The Morgan fingerprint density at radius 1 is 1.70 bits per heavy atom. The lowest BCUT2D eigenvalue weighted by Crippen LogP contribution is -2.52. The first-order valence-electron chi connectivity index (χ1n) is 3.75. The lowest BCUT2D eigenvalue weighted by molar-refractivity contribution is -0.126. The second-order valence-corrected chi connectivity index (χ2v) is 2.86. The summed E-state index contributed by atoms with van der Waals surface area (Å²) in [6.07, 6.45) is 1.16. The van der Waals surface area contributed by atoms with Crippen molar-refractivity contribution < 1.29 is 4.79 Å². The molecule has 0 atom stereocenters. The number of hydrogen-bond donors (Lipinski definition) is 1. The topological polar surface area (TPSA) is 46.3 Å². The number of hydrogen-bond acceptors (Lipinski definition) is 2. The Morgan fingerprint density at radius 2 is 2.30 bits per heavy atom. The summed E-state index contributed by atoms with van der Waals surface area (Å²) >= 11 is 0. The quantitative estimate of drug-likeness (QED) is 0.594. The Kier molecular flexibility index (Phi) is 2.27. The van der Waals surface area contributed by atoms with Crippen molar-refractivity contribution in [2.45, 2.75) is 13.3 Å². The van der Waals surface area contributed by atoms with Crippen LogP contribution in [0, 0.1) is 5.92 Å². The van der Waals surface area contributed by atoms with Gasteiger partial charge in [-0.15, -0.1) is 0 Å². The summed E-state index contributed by atoms with van der Waals surface area (Å²) in [5, 5.41) is 0. The maximum Gasteiger partial charge on any atom is 0.223 e. The van der Waals surface area contributed by atoms with Crippen LogP contribution in [-0.4, -0.2) is 30.4 Å².